The molecule has 0 bridgehead atoms. The number of amides is 4. The van der Waals surface area contributed by atoms with Crippen LogP contribution in [0.3, 0.4) is 0 Å². The molecular formula is C34H39BrN6O4. The van der Waals surface area contributed by atoms with Gasteiger partial charge in [-0.2, -0.15) is 0 Å². The van der Waals surface area contributed by atoms with Crippen molar-refractivity contribution in [3.8, 4) is 0 Å². The molecule has 0 radical (unpaired) electrons. The summed E-state index contributed by atoms with van der Waals surface area (Å²) in [5.41, 5.74) is 1.18. The van der Waals surface area contributed by atoms with Crippen LogP contribution in [-0.4, -0.2) is 61.5 Å². The molecule has 10 nitrogen and oxygen atoms in total. The van der Waals surface area contributed by atoms with E-state index in [-0.39, 0.29) is 36.0 Å². The van der Waals surface area contributed by atoms with Gasteiger partial charge >= 0.3 is 0 Å². The summed E-state index contributed by atoms with van der Waals surface area (Å²) >= 11 is 3.46. The molecule has 4 amide bonds. The zero-order valence-electron chi connectivity index (χ0n) is 25.9. The number of piperidine rings is 2. The van der Waals surface area contributed by atoms with Crippen molar-refractivity contribution in [2.75, 3.05) is 18.0 Å². The molecule has 1 aromatic heterocycles. The highest BCUT2D eigenvalue weighted by Gasteiger charge is 2.54. The molecule has 3 aliphatic rings. The quantitative estimate of drug-likeness (QED) is 0.301. The van der Waals surface area contributed by atoms with E-state index in [2.05, 4.69) is 26.2 Å². The number of carbonyl (C=O) groups excluding carboxylic acids is 4. The highest BCUT2D eigenvalue weighted by Crippen LogP contribution is 2.44. The van der Waals surface area contributed by atoms with E-state index in [1.165, 1.54) is 4.90 Å². The molecule has 11 heteroatoms. The Hall–Kier alpha value is -3.86. The van der Waals surface area contributed by atoms with Crippen LogP contribution in [0.4, 0.5) is 5.69 Å². The van der Waals surface area contributed by atoms with Gasteiger partial charge in [-0.25, -0.2) is 4.68 Å². The SMILES string of the molecule is CC(C)C1(C)CC(=O)N(C(C(=O)N2CCCCC2c2cn(C3CCCN(c4ccc(Br)cc4)C3=O)nn2)c2ccccc2)C1=O. The smallest absolute Gasteiger partial charge is 0.251 e. The van der Waals surface area contributed by atoms with Crippen LogP contribution in [0.25, 0.3) is 0 Å². The molecule has 4 heterocycles. The number of likely N-dealkylation sites (tertiary alicyclic amines) is 2. The lowest BCUT2D eigenvalue weighted by Crippen LogP contribution is -2.49. The molecule has 3 aromatic rings. The summed E-state index contributed by atoms with van der Waals surface area (Å²) in [6.07, 6.45) is 5.69. The third-order valence-electron chi connectivity index (χ3n) is 9.90. The van der Waals surface area contributed by atoms with Gasteiger partial charge in [-0.3, -0.25) is 24.1 Å². The number of aromatic nitrogens is 3. The van der Waals surface area contributed by atoms with E-state index >= 15 is 0 Å². The van der Waals surface area contributed by atoms with Crippen LogP contribution in [0.5, 0.6) is 0 Å². The molecule has 6 rings (SSSR count). The predicted octanol–water partition coefficient (Wildman–Crippen LogP) is 5.62. The van der Waals surface area contributed by atoms with Gasteiger partial charge in [0.25, 0.3) is 11.8 Å². The highest BCUT2D eigenvalue weighted by molar-refractivity contribution is 9.10. The van der Waals surface area contributed by atoms with Gasteiger partial charge in [0.2, 0.25) is 11.8 Å². The molecule has 0 N–H and O–H groups in total. The summed E-state index contributed by atoms with van der Waals surface area (Å²) in [5.74, 6) is -1.05. The second-order valence-electron chi connectivity index (χ2n) is 12.9. The Morgan fingerprint density at radius 2 is 1.64 bits per heavy atom. The third-order valence-corrected chi connectivity index (χ3v) is 10.4. The molecule has 3 saturated heterocycles. The van der Waals surface area contributed by atoms with E-state index in [0.29, 0.717) is 37.2 Å². The first-order valence-electron chi connectivity index (χ1n) is 15.8. The number of halogens is 1. The van der Waals surface area contributed by atoms with E-state index in [1.807, 2.05) is 63.2 Å². The van der Waals surface area contributed by atoms with Crippen LogP contribution in [0.15, 0.2) is 65.3 Å². The number of anilines is 1. The fourth-order valence-corrected chi connectivity index (χ4v) is 7.11. The second-order valence-corrected chi connectivity index (χ2v) is 13.8. The molecule has 0 spiro atoms. The normalized spacial score (nSPS) is 24.9. The van der Waals surface area contributed by atoms with Crippen molar-refractivity contribution in [1.29, 1.82) is 0 Å². The first-order valence-corrected chi connectivity index (χ1v) is 16.6. The summed E-state index contributed by atoms with van der Waals surface area (Å²) in [7, 11) is 0. The van der Waals surface area contributed by atoms with Gasteiger partial charge in [-0.15, -0.1) is 5.10 Å². The molecular weight excluding hydrogens is 636 g/mol. The molecule has 3 fully saturated rings. The third kappa shape index (κ3) is 5.71. The van der Waals surface area contributed by atoms with Crippen LogP contribution in [0, 0.1) is 11.3 Å². The fraction of sp³-hybridized carbons (Fsp3) is 0.471. The minimum atomic E-state index is -1.07. The summed E-state index contributed by atoms with van der Waals surface area (Å²) in [5, 5.41) is 8.89. The van der Waals surface area contributed by atoms with Crippen molar-refractivity contribution in [2.45, 2.75) is 77.4 Å². The first kappa shape index (κ1) is 31.1. The summed E-state index contributed by atoms with van der Waals surface area (Å²) in [6, 6.07) is 14.8. The highest BCUT2D eigenvalue weighted by atomic mass is 79.9. The Balaban J connectivity index is 1.29. The Morgan fingerprint density at radius 3 is 2.33 bits per heavy atom. The summed E-state index contributed by atoms with van der Waals surface area (Å²) in [6.45, 7) is 6.79. The molecule has 0 aliphatic carbocycles. The Morgan fingerprint density at radius 1 is 0.933 bits per heavy atom. The van der Waals surface area contributed by atoms with Crippen molar-refractivity contribution in [1.82, 2.24) is 24.8 Å². The monoisotopic (exact) mass is 674 g/mol. The van der Waals surface area contributed by atoms with Gasteiger partial charge in [-0.05, 0) is 74.8 Å². The van der Waals surface area contributed by atoms with E-state index in [4.69, 9.17) is 0 Å². The maximum absolute atomic E-state index is 14.6. The number of rotatable bonds is 7. The van der Waals surface area contributed by atoms with E-state index < -0.39 is 23.5 Å². The van der Waals surface area contributed by atoms with E-state index in [0.717, 1.165) is 29.4 Å². The Labute approximate surface area is 271 Å². The molecule has 2 aromatic carbocycles. The van der Waals surface area contributed by atoms with Crippen molar-refractivity contribution >= 4 is 45.2 Å². The van der Waals surface area contributed by atoms with Gasteiger partial charge < -0.3 is 9.80 Å². The standard InChI is InChI=1S/C34H39BrN6O4/c1-22(2)34(3)20-29(42)41(33(34)45)30(23-10-5-4-6-11-23)32(44)39-18-8-7-12-27(39)26-21-40(37-36-26)28-13-9-19-38(31(28)43)25-16-14-24(35)15-17-25/h4-6,10-11,14-17,21-22,27-28,30H,7-9,12-13,18-20H2,1-3H3. The minimum absolute atomic E-state index is 0.0417. The van der Waals surface area contributed by atoms with Crippen LogP contribution in [0.1, 0.15) is 88.7 Å². The molecule has 0 saturated carbocycles. The number of imide groups is 1. The lowest BCUT2D eigenvalue weighted by Gasteiger charge is -2.39. The number of hydrogen-bond donors (Lipinski definition) is 0. The van der Waals surface area contributed by atoms with Crippen LogP contribution in [0.2, 0.25) is 0 Å². The number of hydrogen-bond acceptors (Lipinski definition) is 6. The summed E-state index contributed by atoms with van der Waals surface area (Å²) < 4.78 is 2.58. The molecule has 4 atom stereocenters. The lowest BCUT2D eigenvalue weighted by molar-refractivity contribution is -0.155. The van der Waals surface area contributed by atoms with E-state index in [9.17, 15) is 19.2 Å². The Bertz CT molecular complexity index is 1590. The van der Waals surface area contributed by atoms with E-state index in [1.54, 1.807) is 32.8 Å². The summed E-state index contributed by atoms with van der Waals surface area (Å²) in [4.78, 5) is 60.3. The van der Waals surface area contributed by atoms with Crippen LogP contribution < -0.4 is 4.90 Å². The maximum atomic E-state index is 14.6. The maximum Gasteiger partial charge on any atom is 0.251 e. The molecule has 4 unspecified atom stereocenters. The van der Waals surface area contributed by atoms with Crippen LogP contribution >= 0.6 is 15.9 Å². The largest absolute Gasteiger partial charge is 0.332 e. The van der Waals surface area contributed by atoms with Crippen molar-refractivity contribution in [2.24, 2.45) is 11.3 Å². The van der Waals surface area contributed by atoms with Crippen molar-refractivity contribution in [3.63, 3.8) is 0 Å². The molecule has 45 heavy (non-hydrogen) atoms. The average Bonchev–Trinajstić information content (AvgIpc) is 3.62. The first-order chi connectivity index (χ1) is 21.6. The minimum Gasteiger partial charge on any atom is -0.332 e. The second kappa shape index (κ2) is 12.5. The Kier molecular flexibility index (Phi) is 8.65. The predicted molar refractivity (Wildman–Crippen MR) is 172 cm³/mol. The number of nitrogens with zero attached hydrogens (tertiary/aromatic N) is 6. The zero-order valence-corrected chi connectivity index (χ0v) is 27.5. The number of benzene rings is 2. The van der Waals surface area contributed by atoms with Crippen molar-refractivity contribution in [3.05, 3.63) is 76.5 Å². The zero-order chi connectivity index (χ0) is 31.9. The van der Waals surface area contributed by atoms with Gasteiger partial charge in [0.05, 0.1) is 17.7 Å². The molecule has 3 aliphatic heterocycles. The fourth-order valence-electron chi connectivity index (χ4n) is 6.85. The van der Waals surface area contributed by atoms with Gasteiger partial charge in [0, 0.05) is 29.7 Å². The van der Waals surface area contributed by atoms with Gasteiger partial charge in [0.1, 0.15) is 17.8 Å². The average molecular weight is 676 g/mol. The van der Waals surface area contributed by atoms with Crippen molar-refractivity contribution < 1.29 is 19.2 Å². The van der Waals surface area contributed by atoms with Gasteiger partial charge in [0.15, 0.2) is 0 Å². The topological polar surface area (TPSA) is 109 Å². The van der Waals surface area contributed by atoms with Gasteiger partial charge in [-0.1, -0.05) is 65.3 Å². The number of carbonyl (C=O) groups is 4. The lowest BCUT2D eigenvalue weighted by atomic mass is 9.77. The molecule has 236 valence electrons. The van der Waals surface area contributed by atoms with Crippen LogP contribution in [-0.2, 0) is 19.2 Å².